The molecule has 0 aliphatic heterocycles. The third-order valence-corrected chi connectivity index (χ3v) is 0. The van der Waals surface area contributed by atoms with Crippen molar-refractivity contribution in [2.45, 2.75) is 0 Å². The number of thiocarbonyl (C=S) groups is 1. The van der Waals surface area contributed by atoms with Crippen molar-refractivity contribution in [2.24, 2.45) is 5.73 Å². The van der Waals surface area contributed by atoms with E-state index >= 15 is 0 Å². The van der Waals surface area contributed by atoms with Crippen molar-refractivity contribution in [3.8, 4) is 0 Å². The van der Waals surface area contributed by atoms with Crippen molar-refractivity contribution in [3.63, 3.8) is 0 Å². The number of thiol groups is 1. The second-order valence-electron chi connectivity index (χ2n) is 1.56. The Bertz CT molecular complexity index is 430. The van der Waals surface area contributed by atoms with Gasteiger partial charge in [0.1, 0.15) is 4.32 Å². The summed E-state index contributed by atoms with van der Waals surface area (Å²) in [5.41, 5.74) is 4.71. The fourth-order valence-corrected chi connectivity index (χ4v) is 0. The molecule has 20 heteroatoms. The minimum atomic E-state index is -5.17. The summed E-state index contributed by atoms with van der Waals surface area (Å²) in [5.74, 6) is 0. The fraction of sp³-hybridized carbons (Fsp3) is 0. The summed E-state index contributed by atoms with van der Waals surface area (Å²) < 4.78 is 102. The smallest absolute Gasteiger partial charge is 0.873 e. The van der Waals surface area contributed by atoms with Crippen LogP contribution < -0.4 is 5.73 Å². The molecule has 0 aliphatic carbocycles. The summed E-state index contributed by atoms with van der Waals surface area (Å²) in [5, 5.41) is 0. The Labute approximate surface area is 144 Å². The molecule has 0 rings (SSSR count). The average Bonchev–Trinajstić information content (AvgIpc) is 1.66. The van der Waals surface area contributed by atoms with Crippen LogP contribution in [-0.2, 0) is 57.7 Å². The first-order chi connectivity index (χ1) is 7.73. The Morgan fingerprint density at radius 3 is 0.762 bits per heavy atom. The first kappa shape index (κ1) is 37.6. The van der Waals surface area contributed by atoms with Gasteiger partial charge < -0.3 is 38.5 Å². The Morgan fingerprint density at radius 1 is 0.762 bits per heavy atom. The van der Waals surface area contributed by atoms with Gasteiger partial charge in [-0.25, -0.2) is 0 Å². The van der Waals surface area contributed by atoms with Crippen LogP contribution in [0.3, 0.4) is 0 Å². The van der Waals surface area contributed by atoms with Crippen molar-refractivity contribution in [2.75, 3.05) is 0 Å². The molecule has 14 nitrogen and oxygen atoms in total. The molecule has 0 aromatic carbocycles. The normalized spacial score (nSPS) is 9.48. The van der Waals surface area contributed by atoms with E-state index in [2.05, 4.69) is 24.8 Å². The second-order valence-corrected chi connectivity index (χ2v) is 5.24. The molecule has 0 bridgehead atoms. The standard InChI is InChI=1S/CH3NS2.Mo.3H2O4S.H4O/c2-1(3)4;;3*1-5(2,3)4;/h(H3,2,3,4);;3*(H2,1,2,3,4);1H4/q;+4;;;;+2/p-6. The molecule has 0 aliphatic rings. The maximum absolute atomic E-state index is 8.52. The molecule has 0 amide bonds. The maximum Gasteiger partial charge on any atom is 4.00 e. The predicted molar refractivity (Wildman–Crippen MR) is 63.5 cm³/mol. The summed E-state index contributed by atoms with van der Waals surface area (Å²) in [7, 11) is -15.5. The van der Waals surface area contributed by atoms with Gasteiger partial charge in [-0.2, -0.15) is 0 Å². The van der Waals surface area contributed by atoms with Crippen LogP contribution in [-0.4, -0.2) is 56.9 Å². The molecule has 0 heterocycles. The maximum atomic E-state index is 8.52. The molecular weight excluding hydrogens is 490 g/mol. The summed E-state index contributed by atoms with van der Waals surface area (Å²) >= 11 is 7.65. The minimum Gasteiger partial charge on any atom is -0.873 e. The van der Waals surface area contributed by atoms with Gasteiger partial charge >= 0.3 is 21.1 Å². The van der Waals surface area contributed by atoms with Gasteiger partial charge in [0.2, 0.25) is 0 Å². The molecule has 130 valence electrons. The van der Waals surface area contributed by atoms with E-state index in [1.807, 2.05) is 0 Å². The van der Waals surface area contributed by atoms with Crippen LogP contribution in [0.25, 0.3) is 0 Å². The quantitative estimate of drug-likeness (QED) is 0.104. The van der Waals surface area contributed by atoms with Crippen molar-refractivity contribution in [3.05, 3.63) is 0 Å². The van der Waals surface area contributed by atoms with Gasteiger partial charge in [-0.1, -0.05) is 12.2 Å². The third-order valence-electron chi connectivity index (χ3n) is 0. The van der Waals surface area contributed by atoms with E-state index in [0.717, 1.165) is 0 Å². The SMILES string of the molecule is NC(=S)S.O=S(=O)([O-])[O-].O=S(=O)([O-])[O-].O=S(=O)([O-])[O-].[Mo+4].[OH4+2]. The summed E-state index contributed by atoms with van der Waals surface area (Å²) in [6.45, 7) is 0. The van der Waals surface area contributed by atoms with Crippen LogP contribution >= 0.6 is 24.8 Å². The molecule has 0 saturated carbocycles. The van der Waals surface area contributed by atoms with E-state index in [-0.39, 0.29) is 30.9 Å². The number of rotatable bonds is 0. The molecule has 0 atom stereocenters. The molecule has 21 heavy (non-hydrogen) atoms. The fourth-order valence-electron chi connectivity index (χ4n) is 0. The zero-order valence-electron chi connectivity index (χ0n) is 9.17. The largest absolute Gasteiger partial charge is 4.00 e. The van der Waals surface area contributed by atoms with Crippen LogP contribution in [0.4, 0.5) is 0 Å². The molecule has 6 N–H and O–H groups in total. The molecular formula is CH7MoNO13S5. The number of nitrogens with two attached hydrogens (primary N) is 1. The topological polar surface area (TPSA) is 301 Å². The minimum absolute atomic E-state index is 0. The van der Waals surface area contributed by atoms with E-state index < -0.39 is 31.2 Å². The van der Waals surface area contributed by atoms with Crippen molar-refractivity contribution in [1.29, 1.82) is 0 Å². The van der Waals surface area contributed by atoms with Crippen LogP contribution in [0.2, 0.25) is 0 Å². The number of hydrogen-bond donors (Lipinski definition) is 2. The predicted octanol–water partition coefficient (Wildman–Crippen LogP) is -5.05. The summed E-state index contributed by atoms with van der Waals surface area (Å²) in [6.07, 6.45) is 0. The zero-order valence-corrected chi connectivity index (χ0v) is 15.3. The van der Waals surface area contributed by atoms with Gasteiger partial charge in [-0.15, -0.1) is 12.6 Å². The molecule has 0 fully saturated rings. The molecule has 0 unspecified atom stereocenters. The molecule has 0 saturated heterocycles. The van der Waals surface area contributed by atoms with Crippen LogP contribution in [0.15, 0.2) is 0 Å². The van der Waals surface area contributed by atoms with E-state index in [9.17, 15) is 0 Å². The first-order valence-corrected chi connectivity index (χ1v) is 7.57. The average molecular weight is 497 g/mol. The first-order valence-electron chi connectivity index (χ1n) is 2.72. The van der Waals surface area contributed by atoms with Crippen molar-refractivity contribution in [1.82, 2.24) is 0 Å². The number of hydrogen-bond acceptors (Lipinski definition) is 13. The molecule has 0 radical (unpaired) electrons. The Morgan fingerprint density at radius 2 is 0.762 bits per heavy atom. The van der Waals surface area contributed by atoms with Gasteiger partial charge in [0.15, 0.2) is 0 Å². The molecule has 0 spiro atoms. The monoisotopic (exact) mass is 499 g/mol. The van der Waals surface area contributed by atoms with Crippen molar-refractivity contribution < 1.29 is 79.1 Å². The summed E-state index contributed by atoms with van der Waals surface area (Å²) in [6, 6.07) is 0. The Balaban J connectivity index is -0.0000000347. The van der Waals surface area contributed by atoms with E-state index in [4.69, 9.17) is 58.3 Å². The van der Waals surface area contributed by atoms with Gasteiger partial charge in [0, 0.05) is 31.2 Å². The Hall–Kier alpha value is 0.498. The van der Waals surface area contributed by atoms with Gasteiger partial charge in [0.05, 0.1) is 0 Å². The second kappa shape index (κ2) is 16.9. The Kier molecular flexibility index (Phi) is 30.2. The summed E-state index contributed by atoms with van der Waals surface area (Å²) in [4.78, 5) is 0. The molecule has 0 aromatic heterocycles. The van der Waals surface area contributed by atoms with Gasteiger partial charge in [0.25, 0.3) is 0 Å². The van der Waals surface area contributed by atoms with E-state index in [1.54, 1.807) is 0 Å². The van der Waals surface area contributed by atoms with E-state index in [1.165, 1.54) is 0 Å². The van der Waals surface area contributed by atoms with E-state index in [0.29, 0.717) is 0 Å². The van der Waals surface area contributed by atoms with Gasteiger partial charge in [-0.3, -0.25) is 25.3 Å². The zero-order chi connectivity index (χ0) is 17.1. The van der Waals surface area contributed by atoms with Crippen molar-refractivity contribution >= 4 is 60.4 Å². The molecule has 0 aromatic rings. The van der Waals surface area contributed by atoms with Crippen LogP contribution in [0.5, 0.6) is 0 Å². The van der Waals surface area contributed by atoms with Gasteiger partial charge in [-0.05, 0) is 0 Å². The van der Waals surface area contributed by atoms with Crippen LogP contribution in [0, 0.1) is 0 Å². The van der Waals surface area contributed by atoms with Crippen LogP contribution in [0.1, 0.15) is 0 Å². The third kappa shape index (κ3) is 28200.